The van der Waals surface area contributed by atoms with Gasteiger partial charge < -0.3 is 9.64 Å². The highest BCUT2D eigenvalue weighted by molar-refractivity contribution is 5.06. The predicted octanol–water partition coefficient (Wildman–Crippen LogP) is 1.49. The van der Waals surface area contributed by atoms with Crippen LogP contribution < -0.4 is 0 Å². The van der Waals surface area contributed by atoms with Crippen LogP contribution in [0.15, 0.2) is 11.8 Å². The Hall–Kier alpha value is -0.500. The summed E-state index contributed by atoms with van der Waals surface area (Å²) < 4.78 is 5.01. The van der Waals surface area contributed by atoms with Gasteiger partial charge in [0.05, 0.1) is 13.4 Å². The van der Waals surface area contributed by atoms with E-state index in [1.165, 1.54) is 12.1 Å². The van der Waals surface area contributed by atoms with Crippen LogP contribution in [0.4, 0.5) is 0 Å². The fourth-order valence-corrected chi connectivity index (χ4v) is 1.57. The molecule has 1 heterocycles. The van der Waals surface area contributed by atoms with Gasteiger partial charge in [-0.25, -0.2) is 0 Å². The van der Waals surface area contributed by atoms with Crippen LogP contribution in [0.2, 0.25) is 0 Å². The zero-order chi connectivity index (χ0) is 8.27. The smallest absolute Gasteiger partial charge is 0.0820 e. The molecule has 1 unspecified atom stereocenters. The second kappa shape index (κ2) is 3.77. The maximum absolute atomic E-state index is 5.01. The first-order valence-corrected chi connectivity index (χ1v) is 4.14. The molecule has 1 fully saturated rings. The molecule has 0 aromatic carbocycles. The number of piperidine rings is 1. The summed E-state index contributed by atoms with van der Waals surface area (Å²) in [6.45, 7) is 4.58. The molecule has 1 aliphatic heterocycles. The Balaban J connectivity index is 2.50. The molecular weight excluding hydrogens is 138 g/mol. The second-order valence-corrected chi connectivity index (χ2v) is 3.34. The zero-order valence-corrected chi connectivity index (χ0v) is 7.63. The van der Waals surface area contributed by atoms with E-state index in [4.69, 9.17) is 4.74 Å². The monoisotopic (exact) mass is 155 g/mol. The van der Waals surface area contributed by atoms with Crippen molar-refractivity contribution >= 4 is 0 Å². The summed E-state index contributed by atoms with van der Waals surface area (Å²) in [7, 11) is 3.89. The Morgan fingerprint density at radius 3 is 2.91 bits per heavy atom. The summed E-state index contributed by atoms with van der Waals surface area (Å²) >= 11 is 0. The molecule has 1 saturated heterocycles. The number of rotatable bonds is 1. The lowest BCUT2D eigenvalue weighted by Gasteiger charge is -2.29. The van der Waals surface area contributed by atoms with Crippen LogP contribution in [0.3, 0.4) is 0 Å². The SMILES string of the molecule is COC=C1CCN(C)CC1C. The van der Waals surface area contributed by atoms with Gasteiger partial charge in [0.1, 0.15) is 0 Å². The second-order valence-electron chi connectivity index (χ2n) is 3.34. The third-order valence-electron chi connectivity index (χ3n) is 2.27. The van der Waals surface area contributed by atoms with Gasteiger partial charge >= 0.3 is 0 Å². The minimum Gasteiger partial charge on any atom is -0.504 e. The lowest BCUT2D eigenvalue weighted by Crippen LogP contribution is -2.32. The van der Waals surface area contributed by atoms with Gasteiger partial charge in [-0.05, 0) is 25.0 Å². The normalized spacial score (nSPS) is 30.8. The largest absolute Gasteiger partial charge is 0.504 e. The van der Waals surface area contributed by atoms with Crippen molar-refractivity contribution in [1.82, 2.24) is 4.90 Å². The summed E-state index contributed by atoms with van der Waals surface area (Å²) in [5.74, 6) is 0.661. The third-order valence-corrected chi connectivity index (χ3v) is 2.27. The van der Waals surface area contributed by atoms with Crippen molar-refractivity contribution in [3.05, 3.63) is 11.8 Å². The highest BCUT2D eigenvalue weighted by Crippen LogP contribution is 2.20. The summed E-state index contributed by atoms with van der Waals surface area (Å²) in [6.07, 6.45) is 3.06. The van der Waals surface area contributed by atoms with E-state index < -0.39 is 0 Å². The van der Waals surface area contributed by atoms with Crippen LogP contribution in [0.1, 0.15) is 13.3 Å². The van der Waals surface area contributed by atoms with Crippen LogP contribution in [-0.2, 0) is 4.74 Å². The quantitative estimate of drug-likeness (QED) is 0.532. The first kappa shape index (κ1) is 8.60. The van der Waals surface area contributed by atoms with Gasteiger partial charge in [-0.3, -0.25) is 0 Å². The van der Waals surface area contributed by atoms with E-state index in [1.807, 2.05) is 6.26 Å². The zero-order valence-electron chi connectivity index (χ0n) is 7.63. The summed E-state index contributed by atoms with van der Waals surface area (Å²) in [5.41, 5.74) is 1.45. The van der Waals surface area contributed by atoms with E-state index in [1.54, 1.807) is 7.11 Å². The van der Waals surface area contributed by atoms with Gasteiger partial charge in [0.25, 0.3) is 0 Å². The molecule has 2 heteroatoms. The van der Waals surface area contributed by atoms with Gasteiger partial charge in [-0.1, -0.05) is 6.92 Å². The highest BCUT2D eigenvalue weighted by atomic mass is 16.5. The Bertz CT molecular complexity index is 154. The van der Waals surface area contributed by atoms with Gasteiger partial charge in [0.15, 0.2) is 0 Å². The van der Waals surface area contributed by atoms with E-state index in [0.29, 0.717) is 5.92 Å². The topological polar surface area (TPSA) is 12.5 Å². The van der Waals surface area contributed by atoms with Crippen molar-refractivity contribution in [1.29, 1.82) is 0 Å². The molecule has 1 atom stereocenters. The number of hydrogen-bond acceptors (Lipinski definition) is 2. The molecule has 0 bridgehead atoms. The summed E-state index contributed by atoms with van der Waals surface area (Å²) in [4.78, 5) is 2.36. The van der Waals surface area contributed by atoms with Gasteiger partial charge in [0, 0.05) is 13.1 Å². The van der Waals surface area contributed by atoms with E-state index >= 15 is 0 Å². The maximum Gasteiger partial charge on any atom is 0.0820 e. The first-order chi connectivity index (χ1) is 5.24. The Labute approximate surface area is 68.8 Å². The molecule has 0 aromatic heterocycles. The molecule has 1 rings (SSSR count). The fraction of sp³-hybridized carbons (Fsp3) is 0.778. The van der Waals surface area contributed by atoms with Gasteiger partial charge in [-0.2, -0.15) is 0 Å². The van der Waals surface area contributed by atoms with E-state index in [2.05, 4.69) is 18.9 Å². The predicted molar refractivity (Wildman–Crippen MR) is 46.4 cm³/mol. The van der Waals surface area contributed by atoms with Crippen molar-refractivity contribution < 1.29 is 4.74 Å². The van der Waals surface area contributed by atoms with Crippen molar-refractivity contribution in [2.75, 3.05) is 27.2 Å². The van der Waals surface area contributed by atoms with E-state index in [-0.39, 0.29) is 0 Å². The molecule has 0 radical (unpaired) electrons. The van der Waals surface area contributed by atoms with E-state index in [9.17, 15) is 0 Å². The molecule has 0 amide bonds. The first-order valence-electron chi connectivity index (χ1n) is 4.14. The molecule has 1 aliphatic rings. The minimum atomic E-state index is 0.661. The lowest BCUT2D eigenvalue weighted by atomic mass is 9.95. The highest BCUT2D eigenvalue weighted by Gasteiger charge is 2.17. The molecular formula is C9H17NO. The molecule has 0 aromatic rings. The molecule has 0 N–H and O–H groups in total. The molecule has 11 heavy (non-hydrogen) atoms. The average Bonchev–Trinajstić information content (AvgIpc) is 1.95. The number of nitrogens with zero attached hydrogens (tertiary/aromatic N) is 1. The van der Waals surface area contributed by atoms with Crippen molar-refractivity contribution in [3.63, 3.8) is 0 Å². The van der Waals surface area contributed by atoms with Gasteiger partial charge in [-0.15, -0.1) is 0 Å². The van der Waals surface area contributed by atoms with E-state index in [0.717, 1.165) is 13.0 Å². The van der Waals surface area contributed by atoms with Crippen molar-refractivity contribution in [2.45, 2.75) is 13.3 Å². The maximum atomic E-state index is 5.01. The molecule has 0 spiro atoms. The fourth-order valence-electron chi connectivity index (χ4n) is 1.57. The van der Waals surface area contributed by atoms with Crippen LogP contribution in [-0.4, -0.2) is 32.1 Å². The van der Waals surface area contributed by atoms with Crippen LogP contribution in [0.25, 0.3) is 0 Å². The van der Waals surface area contributed by atoms with Crippen molar-refractivity contribution in [2.24, 2.45) is 5.92 Å². The minimum absolute atomic E-state index is 0.661. The van der Waals surface area contributed by atoms with Crippen LogP contribution >= 0.6 is 0 Å². The Morgan fingerprint density at radius 1 is 1.64 bits per heavy atom. The standard InChI is InChI=1S/C9H17NO/c1-8-6-10(2)5-4-9(8)7-11-3/h7-8H,4-6H2,1-3H3. The van der Waals surface area contributed by atoms with Gasteiger partial charge in [0.2, 0.25) is 0 Å². The Morgan fingerprint density at radius 2 is 2.36 bits per heavy atom. The molecule has 0 aliphatic carbocycles. The van der Waals surface area contributed by atoms with Crippen molar-refractivity contribution in [3.8, 4) is 0 Å². The summed E-state index contributed by atoms with van der Waals surface area (Å²) in [6, 6.07) is 0. The third kappa shape index (κ3) is 2.22. The number of hydrogen-bond donors (Lipinski definition) is 0. The number of methoxy groups -OCH3 is 1. The van der Waals surface area contributed by atoms with Crippen LogP contribution in [0.5, 0.6) is 0 Å². The lowest BCUT2D eigenvalue weighted by molar-refractivity contribution is 0.252. The molecule has 64 valence electrons. The Kier molecular flexibility index (Phi) is 2.94. The summed E-state index contributed by atoms with van der Waals surface area (Å²) in [5, 5.41) is 0. The molecule has 0 saturated carbocycles. The number of ether oxygens (including phenoxy) is 1. The molecule has 2 nitrogen and oxygen atoms in total. The average molecular weight is 155 g/mol. The number of likely N-dealkylation sites (tertiary alicyclic amines) is 1. The van der Waals surface area contributed by atoms with Crippen LogP contribution in [0, 0.1) is 5.92 Å².